The van der Waals surface area contributed by atoms with Crippen molar-refractivity contribution in [1.29, 1.82) is 0 Å². The van der Waals surface area contributed by atoms with Crippen molar-refractivity contribution in [3.63, 3.8) is 0 Å². The minimum atomic E-state index is -0.0574. The van der Waals surface area contributed by atoms with E-state index in [1.54, 1.807) is 18.6 Å². The molecule has 2 amide bonds. The molecule has 1 fully saturated rings. The van der Waals surface area contributed by atoms with Crippen LogP contribution in [0.15, 0.2) is 79.4 Å². The highest BCUT2D eigenvalue weighted by molar-refractivity contribution is 5.92. The maximum absolute atomic E-state index is 12.7. The fraction of sp³-hybridized carbons (Fsp3) is 0.269. The van der Waals surface area contributed by atoms with Gasteiger partial charge in [-0.2, -0.15) is 0 Å². The molecular weight excluding hydrogens is 400 g/mol. The summed E-state index contributed by atoms with van der Waals surface area (Å²) in [5.74, 6) is 0.00784. The van der Waals surface area contributed by atoms with Gasteiger partial charge in [0.1, 0.15) is 0 Å². The number of nitrogens with one attached hydrogen (secondary N) is 1. The SMILES string of the molecule is O=C(NCc1ccccc1Cn1ccnc1)C1CCN(C(=O)/C=C/c2ccccc2)CC1. The summed E-state index contributed by atoms with van der Waals surface area (Å²) in [5.41, 5.74) is 3.27. The summed E-state index contributed by atoms with van der Waals surface area (Å²) in [4.78, 5) is 31.1. The molecule has 0 atom stereocenters. The summed E-state index contributed by atoms with van der Waals surface area (Å²) < 4.78 is 2.01. The Bertz CT molecular complexity index is 1050. The molecule has 1 aromatic heterocycles. The van der Waals surface area contributed by atoms with Gasteiger partial charge in [-0.15, -0.1) is 0 Å². The fourth-order valence-electron chi connectivity index (χ4n) is 3.99. The molecule has 0 spiro atoms. The van der Waals surface area contributed by atoms with Crippen molar-refractivity contribution in [3.05, 3.63) is 96.1 Å². The van der Waals surface area contributed by atoms with Crippen molar-refractivity contribution in [2.45, 2.75) is 25.9 Å². The van der Waals surface area contributed by atoms with Gasteiger partial charge in [0.05, 0.1) is 6.33 Å². The third kappa shape index (κ3) is 5.72. The second-order valence-corrected chi connectivity index (χ2v) is 8.07. The van der Waals surface area contributed by atoms with Crippen molar-refractivity contribution < 1.29 is 9.59 Å². The zero-order valence-electron chi connectivity index (χ0n) is 18.1. The third-order valence-electron chi connectivity index (χ3n) is 5.88. The van der Waals surface area contributed by atoms with E-state index in [4.69, 9.17) is 0 Å². The number of carbonyl (C=O) groups is 2. The van der Waals surface area contributed by atoms with E-state index in [9.17, 15) is 9.59 Å². The van der Waals surface area contributed by atoms with Crippen molar-refractivity contribution in [2.24, 2.45) is 5.92 Å². The summed E-state index contributed by atoms with van der Waals surface area (Å²) in [6.45, 7) is 2.44. The zero-order valence-corrected chi connectivity index (χ0v) is 18.1. The Balaban J connectivity index is 1.25. The van der Waals surface area contributed by atoms with Gasteiger partial charge in [0.25, 0.3) is 0 Å². The monoisotopic (exact) mass is 428 g/mol. The van der Waals surface area contributed by atoms with E-state index in [1.165, 1.54) is 0 Å². The molecule has 1 aliphatic rings. The van der Waals surface area contributed by atoms with Crippen molar-refractivity contribution in [3.8, 4) is 0 Å². The lowest BCUT2D eigenvalue weighted by molar-refractivity contribution is -0.132. The van der Waals surface area contributed by atoms with E-state index < -0.39 is 0 Å². The standard InChI is InChI=1S/C26H28N4O2/c31-25(11-10-21-6-2-1-3-7-21)30-15-12-22(13-16-30)26(32)28-18-23-8-4-5-9-24(23)19-29-17-14-27-20-29/h1-11,14,17,20,22H,12-13,15-16,18-19H2,(H,28,32)/b11-10+. The molecule has 0 aliphatic carbocycles. The lowest BCUT2D eigenvalue weighted by Crippen LogP contribution is -2.42. The van der Waals surface area contributed by atoms with Crippen molar-refractivity contribution in [1.82, 2.24) is 19.8 Å². The van der Waals surface area contributed by atoms with Crippen LogP contribution in [0.1, 0.15) is 29.5 Å². The van der Waals surface area contributed by atoms with Crippen LogP contribution in [0.5, 0.6) is 0 Å². The molecule has 3 aromatic rings. The summed E-state index contributed by atoms with van der Waals surface area (Å²) in [6.07, 6.45) is 10.3. The smallest absolute Gasteiger partial charge is 0.246 e. The first-order chi connectivity index (χ1) is 15.7. The van der Waals surface area contributed by atoms with Gasteiger partial charge < -0.3 is 14.8 Å². The highest BCUT2D eigenvalue weighted by Crippen LogP contribution is 2.19. The van der Waals surface area contributed by atoms with Gasteiger partial charge >= 0.3 is 0 Å². The Labute approximate surface area is 188 Å². The molecule has 1 N–H and O–H groups in total. The van der Waals surface area contributed by atoms with Gasteiger partial charge in [-0.05, 0) is 35.6 Å². The minimum absolute atomic E-state index is 0.00106. The predicted octanol–water partition coefficient (Wildman–Crippen LogP) is 3.50. The largest absolute Gasteiger partial charge is 0.352 e. The molecule has 164 valence electrons. The number of hydrogen-bond donors (Lipinski definition) is 1. The summed E-state index contributed by atoms with van der Waals surface area (Å²) in [7, 11) is 0. The lowest BCUT2D eigenvalue weighted by Gasteiger charge is -2.30. The number of aromatic nitrogens is 2. The second-order valence-electron chi connectivity index (χ2n) is 8.07. The van der Waals surface area contributed by atoms with E-state index in [1.807, 2.05) is 70.3 Å². The number of imidazole rings is 1. The van der Waals surface area contributed by atoms with E-state index in [0.29, 0.717) is 32.5 Å². The van der Waals surface area contributed by atoms with Crippen LogP contribution in [-0.2, 0) is 22.7 Å². The average molecular weight is 429 g/mol. The number of piperidine rings is 1. The van der Waals surface area contributed by atoms with E-state index in [0.717, 1.165) is 23.2 Å². The van der Waals surface area contributed by atoms with Crippen LogP contribution in [-0.4, -0.2) is 39.4 Å². The van der Waals surface area contributed by atoms with Gasteiger partial charge in [-0.1, -0.05) is 54.6 Å². The molecule has 4 rings (SSSR count). The number of carbonyl (C=O) groups excluding carboxylic acids is 2. The molecule has 0 radical (unpaired) electrons. The Morgan fingerprint density at radius 1 is 1.00 bits per heavy atom. The lowest BCUT2D eigenvalue weighted by atomic mass is 9.95. The molecule has 1 saturated heterocycles. The van der Waals surface area contributed by atoms with E-state index in [2.05, 4.69) is 16.4 Å². The van der Waals surface area contributed by atoms with Crippen molar-refractivity contribution >= 4 is 17.9 Å². The summed E-state index contributed by atoms with van der Waals surface area (Å²) in [6, 6.07) is 17.9. The van der Waals surface area contributed by atoms with Crippen LogP contribution in [0.4, 0.5) is 0 Å². The van der Waals surface area contributed by atoms with E-state index >= 15 is 0 Å². The fourth-order valence-corrected chi connectivity index (χ4v) is 3.99. The van der Waals surface area contributed by atoms with Gasteiger partial charge in [-0.3, -0.25) is 9.59 Å². The molecule has 6 heteroatoms. The van der Waals surface area contributed by atoms with Crippen LogP contribution in [0.25, 0.3) is 6.08 Å². The maximum Gasteiger partial charge on any atom is 0.246 e. The summed E-state index contributed by atoms with van der Waals surface area (Å²) >= 11 is 0. The van der Waals surface area contributed by atoms with Gasteiger partial charge in [0.2, 0.25) is 11.8 Å². The Kier molecular flexibility index (Phi) is 7.12. The molecule has 2 aromatic carbocycles. The Hall–Kier alpha value is -3.67. The molecule has 2 heterocycles. The quantitative estimate of drug-likeness (QED) is 0.586. The van der Waals surface area contributed by atoms with Gasteiger partial charge in [-0.25, -0.2) is 4.98 Å². The highest BCUT2D eigenvalue weighted by Gasteiger charge is 2.26. The Morgan fingerprint density at radius 3 is 2.44 bits per heavy atom. The zero-order chi connectivity index (χ0) is 22.2. The number of rotatable bonds is 7. The van der Waals surface area contributed by atoms with Crippen LogP contribution in [0, 0.1) is 5.92 Å². The number of amides is 2. The third-order valence-corrected chi connectivity index (χ3v) is 5.88. The van der Waals surface area contributed by atoms with E-state index in [-0.39, 0.29) is 17.7 Å². The number of benzene rings is 2. The van der Waals surface area contributed by atoms with Crippen LogP contribution in [0.3, 0.4) is 0 Å². The van der Waals surface area contributed by atoms with Crippen LogP contribution in [0.2, 0.25) is 0 Å². The number of hydrogen-bond acceptors (Lipinski definition) is 3. The minimum Gasteiger partial charge on any atom is -0.352 e. The number of nitrogens with zero attached hydrogens (tertiary/aromatic N) is 3. The first-order valence-corrected chi connectivity index (χ1v) is 11.0. The molecule has 32 heavy (non-hydrogen) atoms. The van der Waals surface area contributed by atoms with Crippen molar-refractivity contribution in [2.75, 3.05) is 13.1 Å². The summed E-state index contributed by atoms with van der Waals surface area (Å²) in [5, 5.41) is 3.10. The molecule has 0 unspecified atom stereocenters. The normalized spacial score (nSPS) is 14.6. The molecule has 0 saturated carbocycles. The molecule has 0 bridgehead atoms. The molecule has 1 aliphatic heterocycles. The Morgan fingerprint density at radius 2 is 1.72 bits per heavy atom. The van der Waals surface area contributed by atoms with Crippen LogP contribution < -0.4 is 5.32 Å². The van der Waals surface area contributed by atoms with Gasteiger partial charge in [0.15, 0.2) is 0 Å². The topological polar surface area (TPSA) is 67.2 Å². The number of likely N-dealkylation sites (tertiary alicyclic amines) is 1. The maximum atomic E-state index is 12.7. The highest BCUT2D eigenvalue weighted by atomic mass is 16.2. The first-order valence-electron chi connectivity index (χ1n) is 11.0. The second kappa shape index (κ2) is 10.6. The molecule has 6 nitrogen and oxygen atoms in total. The van der Waals surface area contributed by atoms with Gasteiger partial charge in [0, 0.05) is 50.6 Å². The van der Waals surface area contributed by atoms with Crippen LogP contribution >= 0.6 is 0 Å². The first kappa shape index (κ1) is 21.6. The predicted molar refractivity (Wildman–Crippen MR) is 124 cm³/mol. The average Bonchev–Trinajstić information content (AvgIpc) is 3.36. The molecular formula is C26H28N4O2.